The summed E-state index contributed by atoms with van der Waals surface area (Å²) in [5.41, 5.74) is 5.34. The van der Waals surface area contributed by atoms with E-state index in [-0.39, 0.29) is 18.4 Å². The van der Waals surface area contributed by atoms with E-state index in [0.29, 0.717) is 13.2 Å². The number of aromatic nitrogens is 3. The summed E-state index contributed by atoms with van der Waals surface area (Å²) < 4.78 is 6.33. The molecule has 1 heterocycles. The fraction of sp³-hybridized carbons (Fsp3) is 0.667. The molecule has 7 nitrogen and oxygen atoms in total. The van der Waals surface area contributed by atoms with Crippen LogP contribution in [0.2, 0.25) is 0 Å². The van der Waals surface area contributed by atoms with Crippen molar-refractivity contribution in [3.05, 3.63) is 6.33 Å². The monoisotopic (exact) mass is 227 g/mol. The highest BCUT2D eigenvalue weighted by atomic mass is 16.5. The number of nitrogen functional groups attached to an aromatic ring is 1. The minimum absolute atomic E-state index is 0.0268. The maximum Gasteiger partial charge on any atom is 0.244 e. The molecule has 0 unspecified atom stereocenters. The van der Waals surface area contributed by atoms with Crippen molar-refractivity contribution in [2.75, 3.05) is 33.0 Å². The van der Waals surface area contributed by atoms with E-state index in [2.05, 4.69) is 10.1 Å². The minimum atomic E-state index is -0.0268. The van der Waals surface area contributed by atoms with Gasteiger partial charge in [0.05, 0.1) is 0 Å². The van der Waals surface area contributed by atoms with Gasteiger partial charge in [0.2, 0.25) is 11.9 Å². The van der Waals surface area contributed by atoms with Crippen LogP contribution in [0.4, 0.5) is 5.95 Å². The molecule has 0 atom stereocenters. The molecule has 0 aliphatic rings. The van der Waals surface area contributed by atoms with Crippen LogP contribution in [0.3, 0.4) is 0 Å². The third-order valence-corrected chi connectivity index (χ3v) is 2.12. The van der Waals surface area contributed by atoms with Gasteiger partial charge in [-0.1, -0.05) is 0 Å². The van der Waals surface area contributed by atoms with Crippen LogP contribution in [-0.2, 0) is 16.1 Å². The lowest BCUT2D eigenvalue weighted by Gasteiger charge is -2.16. The maximum absolute atomic E-state index is 11.7. The van der Waals surface area contributed by atoms with Crippen LogP contribution in [0.25, 0.3) is 0 Å². The van der Waals surface area contributed by atoms with Gasteiger partial charge in [-0.25, -0.2) is 9.67 Å². The highest BCUT2D eigenvalue weighted by Crippen LogP contribution is 1.94. The quantitative estimate of drug-likeness (QED) is 0.653. The lowest BCUT2D eigenvalue weighted by molar-refractivity contribution is -0.130. The Hall–Kier alpha value is -1.63. The van der Waals surface area contributed by atoms with Crippen molar-refractivity contribution in [1.82, 2.24) is 19.7 Å². The van der Waals surface area contributed by atoms with E-state index in [1.807, 2.05) is 0 Å². The third kappa shape index (κ3) is 3.85. The number of ether oxygens (including phenoxy) is 1. The summed E-state index contributed by atoms with van der Waals surface area (Å²) >= 11 is 0. The second-order valence-corrected chi connectivity index (χ2v) is 3.46. The standard InChI is InChI=1S/C9H17N5O2/c1-13(4-3-5-16-2)8(15)6-14-7-11-9(10)12-14/h7H,3-6H2,1-2H3,(H2,10,12). The number of likely N-dealkylation sites (N-methyl/N-ethyl adjacent to an activating group) is 1. The summed E-state index contributed by atoms with van der Waals surface area (Å²) in [4.78, 5) is 17.1. The van der Waals surface area contributed by atoms with Crippen molar-refractivity contribution in [3.8, 4) is 0 Å². The van der Waals surface area contributed by atoms with Crippen LogP contribution in [-0.4, -0.2) is 52.9 Å². The molecule has 0 saturated heterocycles. The third-order valence-electron chi connectivity index (χ3n) is 2.12. The molecule has 1 aromatic heterocycles. The van der Waals surface area contributed by atoms with E-state index in [0.717, 1.165) is 6.42 Å². The van der Waals surface area contributed by atoms with Crippen molar-refractivity contribution in [2.45, 2.75) is 13.0 Å². The molecule has 1 aromatic rings. The molecule has 0 aliphatic carbocycles. The molecule has 0 bridgehead atoms. The summed E-state index contributed by atoms with van der Waals surface area (Å²) in [5, 5.41) is 3.84. The Morgan fingerprint density at radius 2 is 2.44 bits per heavy atom. The zero-order chi connectivity index (χ0) is 12.0. The maximum atomic E-state index is 11.7. The van der Waals surface area contributed by atoms with Crippen LogP contribution in [0, 0.1) is 0 Å². The minimum Gasteiger partial charge on any atom is -0.385 e. The molecule has 7 heteroatoms. The summed E-state index contributed by atoms with van der Waals surface area (Å²) in [6.45, 7) is 1.47. The molecular weight excluding hydrogens is 210 g/mol. The van der Waals surface area contributed by atoms with Crippen LogP contribution < -0.4 is 5.73 Å². The predicted octanol–water partition coefficient (Wildman–Crippen LogP) is -0.645. The first-order valence-electron chi connectivity index (χ1n) is 5.01. The molecule has 0 aromatic carbocycles. The Balaban J connectivity index is 2.34. The number of rotatable bonds is 6. The Labute approximate surface area is 94.2 Å². The van der Waals surface area contributed by atoms with Gasteiger partial charge in [-0.3, -0.25) is 4.79 Å². The number of hydrogen-bond acceptors (Lipinski definition) is 5. The molecule has 1 rings (SSSR count). The van der Waals surface area contributed by atoms with E-state index in [4.69, 9.17) is 10.5 Å². The average Bonchev–Trinajstić information content (AvgIpc) is 2.64. The van der Waals surface area contributed by atoms with Crippen LogP contribution in [0.1, 0.15) is 6.42 Å². The molecule has 0 radical (unpaired) electrons. The Morgan fingerprint density at radius 3 is 3.00 bits per heavy atom. The van der Waals surface area contributed by atoms with Crippen LogP contribution >= 0.6 is 0 Å². The molecule has 16 heavy (non-hydrogen) atoms. The average molecular weight is 227 g/mol. The lowest BCUT2D eigenvalue weighted by Crippen LogP contribution is -2.31. The number of amides is 1. The van der Waals surface area contributed by atoms with Gasteiger partial charge >= 0.3 is 0 Å². The topological polar surface area (TPSA) is 86.3 Å². The largest absolute Gasteiger partial charge is 0.385 e. The number of nitrogens with zero attached hydrogens (tertiary/aromatic N) is 4. The van der Waals surface area contributed by atoms with Gasteiger partial charge in [-0.2, -0.15) is 0 Å². The molecule has 90 valence electrons. The number of methoxy groups -OCH3 is 1. The van der Waals surface area contributed by atoms with Gasteiger partial charge in [0.1, 0.15) is 12.9 Å². The zero-order valence-corrected chi connectivity index (χ0v) is 9.59. The smallest absolute Gasteiger partial charge is 0.244 e. The molecule has 2 N–H and O–H groups in total. The number of carbonyl (C=O) groups is 1. The molecular formula is C9H17N5O2. The van der Waals surface area contributed by atoms with E-state index in [1.165, 1.54) is 11.0 Å². The summed E-state index contributed by atoms with van der Waals surface area (Å²) in [5.74, 6) is 0.149. The number of carbonyl (C=O) groups excluding carboxylic acids is 1. The van der Waals surface area contributed by atoms with Gasteiger partial charge < -0.3 is 15.4 Å². The van der Waals surface area contributed by atoms with Gasteiger partial charge in [0.15, 0.2) is 0 Å². The highest BCUT2D eigenvalue weighted by Gasteiger charge is 2.09. The van der Waals surface area contributed by atoms with E-state index < -0.39 is 0 Å². The fourth-order valence-corrected chi connectivity index (χ4v) is 1.22. The summed E-state index contributed by atoms with van der Waals surface area (Å²) in [7, 11) is 3.39. The van der Waals surface area contributed by atoms with Crippen molar-refractivity contribution >= 4 is 11.9 Å². The van der Waals surface area contributed by atoms with Crippen molar-refractivity contribution in [2.24, 2.45) is 0 Å². The Morgan fingerprint density at radius 1 is 1.69 bits per heavy atom. The van der Waals surface area contributed by atoms with Crippen molar-refractivity contribution < 1.29 is 9.53 Å². The molecule has 1 amide bonds. The molecule has 0 aliphatic heterocycles. The van der Waals surface area contributed by atoms with E-state index >= 15 is 0 Å². The molecule has 0 fully saturated rings. The number of nitrogens with two attached hydrogens (primary N) is 1. The van der Waals surface area contributed by atoms with Crippen LogP contribution in [0.15, 0.2) is 6.33 Å². The highest BCUT2D eigenvalue weighted by molar-refractivity contribution is 5.75. The van der Waals surface area contributed by atoms with Crippen LogP contribution in [0.5, 0.6) is 0 Å². The van der Waals surface area contributed by atoms with E-state index in [9.17, 15) is 4.79 Å². The van der Waals surface area contributed by atoms with Gasteiger partial charge in [-0.15, -0.1) is 5.10 Å². The second kappa shape index (κ2) is 6.06. The second-order valence-electron chi connectivity index (χ2n) is 3.46. The SMILES string of the molecule is COCCCN(C)C(=O)Cn1cnc(N)n1. The van der Waals surface area contributed by atoms with Gasteiger partial charge in [0, 0.05) is 27.3 Å². The molecule has 0 spiro atoms. The fourth-order valence-electron chi connectivity index (χ4n) is 1.22. The normalized spacial score (nSPS) is 10.4. The first-order valence-corrected chi connectivity index (χ1v) is 5.01. The molecule has 0 saturated carbocycles. The van der Waals surface area contributed by atoms with Gasteiger partial charge in [-0.05, 0) is 6.42 Å². The Bertz CT molecular complexity index is 338. The summed E-state index contributed by atoms with van der Waals surface area (Å²) in [6.07, 6.45) is 2.26. The first-order chi connectivity index (χ1) is 7.63. The Kier molecular flexibility index (Phi) is 4.71. The van der Waals surface area contributed by atoms with E-state index in [1.54, 1.807) is 19.1 Å². The van der Waals surface area contributed by atoms with Gasteiger partial charge in [0.25, 0.3) is 0 Å². The predicted molar refractivity (Wildman–Crippen MR) is 58.6 cm³/mol. The van der Waals surface area contributed by atoms with Crippen molar-refractivity contribution in [3.63, 3.8) is 0 Å². The van der Waals surface area contributed by atoms with Crippen molar-refractivity contribution in [1.29, 1.82) is 0 Å². The summed E-state index contributed by atoms with van der Waals surface area (Å²) in [6, 6.07) is 0. The zero-order valence-electron chi connectivity index (χ0n) is 9.59. The lowest BCUT2D eigenvalue weighted by atomic mass is 10.4. The number of hydrogen-bond donors (Lipinski definition) is 1. The number of anilines is 1. The first kappa shape index (κ1) is 12.4.